The summed E-state index contributed by atoms with van der Waals surface area (Å²) in [5.41, 5.74) is 0.810. The summed E-state index contributed by atoms with van der Waals surface area (Å²) in [6.07, 6.45) is 0. The van der Waals surface area contributed by atoms with Crippen LogP contribution in [0.25, 0.3) is 0 Å². The lowest BCUT2D eigenvalue weighted by Crippen LogP contribution is -1.92. The van der Waals surface area contributed by atoms with Crippen molar-refractivity contribution < 1.29 is 4.39 Å². The lowest BCUT2D eigenvalue weighted by molar-refractivity contribution is 0.611. The quantitative estimate of drug-likeness (QED) is 0.691. The number of benzene rings is 1. The van der Waals surface area contributed by atoms with E-state index in [1.54, 1.807) is 17.8 Å². The maximum atomic E-state index is 13.2. The first-order chi connectivity index (χ1) is 5.75. The van der Waals surface area contributed by atoms with Gasteiger partial charge in [0.2, 0.25) is 0 Å². The van der Waals surface area contributed by atoms with Crippen molar-refractivity contribution in [1.29, 1.82) is 0 Å². The van der Waals surface area contributed by atoms with Gasteiger partial charge in [-0.05, 0) is 18.7 Å². The van der Waals surface area contributed by atoms with E-state index in [4.69, 9.17) is 0 Å². The molecule has 1 aromatic rings. The molecule has 0 heterocycles. The van der Waals surface area contributed by atoms with Gasteiger partial charge in [-0.1, -0.05) is 25.1 Å². The summed E-state index contributed by atoms with van der Waals surface area (Å²) in [5, 5.41) is 0.260. The molecule has 66 valence electrons. The maximum absolute atomic E-state index is 13.2. The number of rotatable bonds is 3. The summed E-state index contributed by atoms with van der Waals surface area (Å²) >= 11 is 1.76. The fourth-order valence-corrected chi connectivity index (χ4v) is 2.02. The number of hydrogen-bond donors (Lipinski definition) is 0. The molecule has 0 saturated carbocycles. The molecule has 1 rings (SSSR count). The van der Waals surface area contributed by atoms with Gasteiger partial charge in [0.15, 0.2) is 0 Å². The number of thioether (sulfide) groups is 1. The van der Waals surface area contributed by atoms with Crippen LogP contribution in [-0.2, 0) is 0 Å². The van der Waals surface area contributed by atoms with Gasteiger partial charge in [-0.15, -0.1) is 0 Å². The molecule has 0 radical (unpaired) electrons. The molecule has 0 aromatic heterocycles. The van der Waals surface area contributed by atoms with Gasteiger partial charge in [0.1, 0.15) is 5.82 Å². The average Bonchev–Trinajstić information content (AvgIpc) is 2.05. The Balaban J connectivity index is 2.79. The predicted molar refractivity (Wildman–Crippen MR) is 52.9 cm³/mol. The SMILES string of the molecule is CCSC(C)c1ccccc1F. The van der Waals surface area contributed by atoms with Crippen molar-refractivity contribution in [3.05, 3.63) is 35.6 Å². The Bertz CT molecular complexity index is 247. The Morgan fingerprint density at radius 3 is 2.67 bits per heavy atom. The van der Waals surface area contributed by atoms with Gasteiger partial charge in [0, 0.05) is 10.8 Å². The van der Waals surface area contributed by atoms with E-state index in [0.29, 0.717) is 0 Å². The van der Waals surface area contributed by atoms with E-state index in [1.165, 1.54) is 6.07 Å². The molecule has 0 aliphatic rings. The number of halogens is 1. The predicted octanol–water partition coefficient (Wildman–Crippen LogP) is 3.64. The summed E-state index contributed by atoms with van der Waals surface area (Å²) < 4.78 is 13.2. The van der Waals surface area contributed by atoms with Crippen molar-refractivity contribution >= 4 is 11.8 Å². The van der Waals surface area contributed by atoms with Crippen LogP contribution >= 0.6 is 11.8 Å². The van der Waals surface area contributed by atoms with Gasteiger partial charge in [0.05, 0.1) is 0 Å². The molecular weight excluding hydrogens is 171 g/mol. The highest BCUT2D eigenvalue weighted by molar-refractivity contribution is 7.99. The van der Waals surface area contributed by atoms with E-state index < -0.39 is 0 Å². The molecule has 1 unspecified atom stereocenters. The molecule has 2 heteroatoms. The van der Waals surface area contributed by atoms with Gasteiger partial charge in [-0.2, -0.15) is 11.8 Å². The van der Waals surface area contributed by atoms with Crippen LogP contribution in [0.4, 0.5) is 4.39 Å². The Labute approximate surface area is 77.2 Å². The fourth-order valence-electron chi connectivity index (χ4n) is 1.14. The van der Waals surface area contributed by atoms with Crippen LogP contribution in [0, 0.1) is 5.82 Å². The van der Waals surface area contributed by atoms with E-state index in [2.05, 4.69) is 6.92 Å². The molecule has 0 aliphatic heterocycles. The Morgan fingerprint density at radius 1 is 1.42 bits per heavy atom. The molecule has 1 aromatic carbocycles. The van der Waals surface area contributed by atoms with Gasteiger partial charge >= 0.3 is 0 Å². The highest BCUT2D eigenvalue weighted by Crippen LogP contribution is 2.29. The second-order valence-corrected chi connectivity index (χ2v) is 4.24. The molecule has 1 atom stereocenters. The van der Waals surface area contributed by atoms with Crippen molar-refractivity contribution in [2.75, 3.05) is 5.75 Å². The Kier molecular flexibility index (Phi) is 3.60. The lowest BCUT2D eigenvalue weighted by atomic mass is 10.1. The van der Waals surface area contributed by atoms with Crippen LogP contribution in [0.2, 0.25) is 0 Å². The zero-order valence-corrected chi connectivity index (χ0v) is 8.20. The third-order valence-electron chi connectivity index (χ3n) is 1.76. The smallest absolute Gasteiger partial charge is 0.127 e. The first-order valence-electron chi connectivity index (χ1n) is 4.11. The summed E-state index contributed by atoms with van der Waals surface area (Å²) in [6, 6.07) is 6.97. The molecule has 0 spiro atoms. The summed E-state index contributed by atoms with van der Waals surface area (Å²) in [4.78, 5) is 0. The van der Waals surface area contributed by atoms with Crippen LogP contribution in [0.3, 0.4) is 0 Å². The first kappa shape index (κ1) is 9.59. The minimum Gasteiger partial charge on any atom is -0.207 e. The highest BCUT2D eigenvalue weighted by atomic mass is 32.2. The van der Waals surface area contributed by atoms with Crippen LogP contribution in [0.5, 0.6) is 0 Å². The Hall–Kier alpha value is -0.500. The third kappa shape index (κ3) is 2.24. The standard InChI is InChI=1S/C10H13FS/c1-3-12-8(2)9-6-4-5-7-10(9)11/h4-8H,3H2,1-2H3. The second kappa shape index (κ2) is 4.51. The molecular formula is C10H13FS. The average molecular weight is 184 g/mol. The molecule has 0 saturated heterocycles. The van der Waals surface area contributed by atoms with E-state index in [9.17, 15) is 4.39 Å². The van der Waals surface area contributed by atoms with E-state index >= 15 is 0 Å². The van der Waals surface area contributed by atoms with Gasteiger partial charge in [0.25, 0.3) is 0 Å². The minimum absolute atomic E-state index is 0.0917. The monoisotopic (exact) mass is 184 g/mol. The molecule has 0 bridgehead atoms. The van der Waals surface area contributed by atoms with Crippen LogP contribution in [0.1, 0.15) is 24.7 Å². The molecule has 0 nitrogen and oxygen atoms in total. The molecule has 0 amide bonds. The Morgan fingerprint density at radius 2 is 2.08 bits per heavy atom. The topological polar surface area (TPSA) is 0 Å². The normalized spacial score (nSPS) is 12.9. The van der Waals surface area contributed by atoms with Gasteiger partial charge in [-0.3, -0.25) is 0 Å². The first-order valence-corrected chi connectivity index (χ1v) is 5.16. The highest BCUT2D eigenvalue weighted by Gasteiger charge is 2.08. The second-order valence-electron chi connectivity index (χ2n) is 2.62. The van der Waals surface area contributed by atoms with E-state index in [1.807, 2.05) is 19.1 Å². The van der Waals surface area contributed by atoms with Crippen LogP contribution < -0.4 is 0 Å². The van der Waals surface area contributed by atoms with Crippen molar-refractivity contribution in [3.63, 3.8) is 0 Å². The zero-order chi connectivity index (χ0) is 8.97. The summed E-state index contributed by atoms with van der Waals surface area (Å²) in [5.74, 6) is 0.932. The zero-order valence-electron chi connectivity index (χ0n) is 7.38. The fraction of sp³-hybridized carbons (Fsp3) is 0.400. The van der Waals surface area contributed by atoms with Crippen molar-refractivity contribution in [3.8, 4) is 0 Å². The lowest BCUT2D eigenvalue weighted by Gasteiger charge is -2.10. The molecule has 0 fully saturated rings. The summed E-state index contributed by atoms with van der Waals surface area (Å²) in [7, 11) is 0. The van der Waals surface area contributed by atoms with Crippen molar-refractivity contribution in [2.45, 2.75) is 19.1 Å². The molecule has 12 heavy (non-hydrogen) atoms. The number of hydrogen-bond acceptors (Lipinski definition) is 1. The van der Waals surface area contributed by atoms with E-state index in [0.717, 1.165) is 11.3 Å². The van der Waals surface area contributed by atoms with Gasteiger partial charge < -0.3 is 0 Å². The molecule has 0 N–H and O–H groups in total. The largest absolute Gasteiger partial charge is 0.207 e. The van der Waals surface area contributed by atoms with Crippen LogP contribution in [0.15, 0.2) is 24.3 Å². The van der Waals surface area contributed by atoms with Crippen LogP contribution in [-0.4, -0.2) is 5.75 Å². The van der Waals surface area contributed by atoms with Gasteiger partial charge in [-0.25, -0.2) is 4.39 Å². The third-order valence-corrected chi connectivity index (χ3v) is 2.85. The molecule has 0 aliphatic carbocycles. The van der Waals surface area contributed by atoms with Crippen molar-refractivity contribution in [1.82, 2.24) is 0 Å². The summed E-state index contributed by atoms with van der Waals surface area (Å²) in [6.45, 7) is 4.12. The van der Waals surface area contributed by atoms with Crippen molar-refractivity contribution in [2.24, 2.45) is 0 Å². The van der Waals surface area contributed by atoms with E-state index in [-0.39, 0.29) is 11.1 Å². The minimum atomic E-state index is -0.0917. The maximum Gasteiger partial charge on any atom is 0.127 e.